The van der Waals surface area contributed by atoms with E-state index in [0.29, 0.717) is 13.1 Å². The first kappa shape index (κ1) is 15.9. The second-order valence-electron chi connectivity index (χ2n) is 6.98. The molecule has 0 atom stereocenters. The molecule has 1 saturated carbocycles. The molecule has 1 heterocycles. The lowest BCUT2D eigenvalue weighted by Gasteiger charge is -2.19. The van der Waals surface area contributed by atoms with E-state index < -0.39 is 0 Å². The Balaban J connectivity index is 1.54. The molecule has 4 nitrogen and oxygen atoms in total. The number of rotatable bonds is 4. The van der Waals surface area contributed by atoms with Gasteiger partial charge in [0.1, 0.15) is 0 Å². The van der Waals surface area contributed by atoms with Crippen molar-refractivity contribution in [2.75, 3.05) is 11.4 Å². The van der Waals surface area contributed by atoms with Crippen LogP contribution < -0.4 is 10.2 Å². The highest BCUT2D eigenvalue weighted by molar-refractivity contribution is 6.08. The zero-order chi connectivity index (χ0) is 17.4. The van der Waals surface area contributed by atoms with Gasteiger partial charge >= 0.3 is 0 Å². The third kappa shape index (κ3) is 3.16. The summed E-state index contributed by atoms with van der Waals surface area (Å²) in [7, 11) is 0. The maximum absolute atomic E-state index is 13.0. The zero-order valence-corrected chi connectivity index (χ0v) is 14.4. The van der Waals surface area contributed by atoms with Gasteiger partial charge in [0.15, 0.2) is 0 Å². The minimum atomic E-state index is 0.0519. The van der Waals surface area contributed by atoms with Gasteiger partial charge in [0.05, 0.1) is 0 Å². The molecule has 0 spiro atoms. The van der Waals surface area contributed by atoms with Crippen molar-refractivity contribution in [1.29, 1.82) is 0 Å². The monoisotopic (exact) mass is 334 g/mol. The first-order chi connectivity index (χ1) is 12.1. The third-order valence-corrected chi connectivity index (χ3v) is 5.08. The molecule has 1 aliphatic carbocycles. The van der Waals surface area contributed by atoms with Crippen molar-refractivity contribution in [1.82, 2.24) is 5.32 Å². The normalized spacial score (nSPS) is 15.8. The first-order valence-electron chi connectivity index (χ1n) is 8.90. The molecule has 4 rings (SSSR count). The van der Waals surface area contributed by atoms with Gasteiger partial charge < -0.3 is 10.2 Å². The molecule has 2 amide bonds. The molecule has 25 heavy (non-hydrogen) atoms. The Hall–Kier alpha value is -2.62. The van der Waals surface area contributed by atoms with Gasteiger partial charge in [-0.3, -0.25) is 9.59 Å². The van der Waals surface area contributed by atoms with E-state index in [0.717, 1.165) is 41.6 Å². The summed E-state index contributed by atoms with van der Waals surface area (Å²) in [4.78, 5) is 26.7. The molecule has 1 aliphatic heterocycles. The summed E-state index contributed by atoms with van der Waals surface area (Å²) in [6, 6.07) is 13.9. The van der Waals surface area contributed by atoms with Crippen LogP contribution >= 0.6 is 0 Å². The second-order valence-corrected chi connectivity index (χ2v) is 6.98. The SMILES string of the molecule is Cc1ccccc1C(=O)N1CCc2ccc(CNC(=O)C3CC3)cc21. The quantitative estimate of drug-likeness (QED) is 0.933. The Morgan fingerprint density at radius 3 is 2.72 bits per heavy atom. The van der Waals surface area contributed by atoms with Crippen LogP contribution in [0.25, 0.3) is 0 Å². The van der Waals surface area contributed by atoms with Crippen molar-refractivity contribution in [2.24, 2.45) is 5.92 Å². The Morgan fingerprint density at radius 1 is 1.16 bits per heavy atom. The van der Waals surface area contributed by atoms with Gasteiger partial charge in [0, 0.05) is 30.3 Å². The van der Waals surface area contributed by atoms with E-state index in [2.05, 4.69) is 11.4 Å². The van der Waals surface area contributed by atoms with Crippen LogP contribution in [0.5, 0.6) is 0 Å². The van der Waals surface area contributed by atoms with Crippen molar-refractivity contribution in [3.63, 3.8) is 0 Å². The fourth-order valence-electron chi connectivity index (χ4n) is 3.38. The Kier molecular flexibility index (Phi) is 4.04. The summed E-state index contributed by atoms with van der Waals surface area (Å²) in [6.45, 7) is 3.20. The van der Waals surface area contributed by atoms with Crippen LogP contribution in [0.15, 0.2) is 42.5 Å². The van der Waals surface area contributed by atoms with Crippen molar-refractivity contribution in [2.45, 2.75) is 32.7 Å². The summed E-state index contributed by atoms with van der Waals surface area (Å²) in [5.74, 6) is 0.415. The lowest BCUT2D eigenvalue weighted by atomic mass is 10.1. The molecule has 1 fully saturated rings. The van der Waals surface area contributed by atoms with Gasteiger partial charge in [0.2, 0.25) is 5.91 Å². The molecule has 0 saturated heterocycles. The number of carbonyl (C=O) groups is 2. The van der Waals surface area contributed by atoms with Gasteiger partial charge in [0.25, 0.3) is 5.91 Å². The van der Waals surface area contributed by atoms with E-state index in [1.54, 1.807) is 0 Å². The molecular formula is C21H22N2O2. The van der Waals surface area contributed by atoms with Gasteiger partial charge in [-0.05, 0) is 55.0 Å². The molecule has 0 aromatic heterocycles. The lowest BCUT2D eigenvalue weighted by Crippen LogP contribution is -2.29. The average molecular weight is 334 g/mol. The van der Waals surface area contributed by atoms with Crippen LogP contribution in [0, 0.1) is 12.8 Å². The molecule has 1 N–H and O–H groups in total. The summed E-state index contributed by atoms with van der Waals surface area (Å²) < 4.78 is 0. The number of nitrogens with one attached hydrogen (secondary N) is 1. The summed E-state index contributed by atoms with van der Waals surface area (Å²) in [6.07, 6.45) is 2.89. The van der Waals surface area contributed by atoms with Gasteiger partial charge in [-0.25, -0.2) is 0 Å². The predicted octanol–water partition coefficient (Wildman–Crippen LogP) is 3.22. The smallest absolute Gasteiger partial charge is 0.258 e. The summed E-state index contributed by atoms with van der Waals surface area (Å²) in [5.41, 5.74) is 4.96. The van der Waals surface area contributed by atoms with Gasteiger partial charge in [-0.1, -0.05) is 30.3 Å². The number of hydrogen-bond acceptors (Lipinski definition) is 2. The summed E-state index contributed by atoms with van der Waals surface area (Å²) >= 11 is 0. The van der Waals surface area contributed by atoms with Crippen LogP contribution in [0.3, 0.4) is 0 Å². The third-order valence-electron chi connectivity index (χ3n) is 5.08. The maximum Gasteiger partial charge on any atom is 0.258 e. The van der Waals surface area contributed by atoms with Crippen molar-refractivity contribution in [3.05, 3.63) is 64.7 Å². The van der Waals surface area contributed by atoms with Gasteiger partial charge in [-0.2, -0.15) is 0 Å². The molecule has 2 aliphatic rings. The highest BCUT2D eigenvalue weighted by Gasteiger charge is 2.29. The highest BCUT2D eigenvalue weighted by atomic mass is 16.2. The van der Waals surface area contributed by atoms with E-state index in [1.807, 2.05) is 48.2 Å². The largest absolute Gasteiger partial charge is 0.352 e. The maximum atomic E-state index is 13.0. The molecule has 0 radical (unpaired) electrons. The molecule has 128 valence electrons. The number of fused-ring (bicyclic) bond motifs is 1. The van der Waals surface area contributed by atoms with E-state index >= 15 is 0 Å². The number of benzene rings is 2. The van der Waals surface area contributed by atoms with Crippen LogP contribution in [0.1, 0.15) is 39.9 Å². The number of aryl methyl sites for hydroxylation is 1. The average Bonchev–Trinajstić information content (AvgIpc) is 3.39. The number of amides is 2. The molecule has 4 heteroatoms. The van der Waals surface area contributed by atoms with Crippen molar-refractivity contribution < 1.29 is 9.59 Å². The fourth-order valence-corrected chi connectivity index (χ4v) is 3.38. The minimum absolute atomic E-state index is 0.0519. The van der Waals surface area contributed by atoms with Crippen LogP contribution in [0.2, 0.25) is 0 Å². The Labute approximate surface area is 147 Å². The fraction of sp³-hybridized carbons (Fsp3) is 0.333. The minimum Gasteiger partial charge on any atom is -0.352 e. The van der Waals surface area contributed by atoms with Gasteiger partial charge in [-0.15, -0.1) is 0 Å². The predicted molar refractivity (Wildman–Crippen MR) is 97.6 cm³/mol. The van der Waals surface area contributed by atoms with Crippen molar-refractivity contribution >= 4 is 17.5 Å². The van der Waals surface area contributed by atoms with E-state index in [9.17, 15) is 9.59 Å². The van der Waals surface area contributed by atoms with Crippen LogP contribution in [0.4, 0.5) is 5.69 Å². The van der Waals surface area contributed by atoms with E-state index in [4.69, 9.17) is 0 Å². The molecule has 0 bridgehead atoms. The lowest BCUT2D eigenvalue weighted by molar-refractivity contribution is -0.122. The molecule has 0 unspecified atom stereocenters. The number of carbonyl (C=O) groups excluding carboxylic acids is 2. The first-order valence-corrected chi connectivity index (χ1v) is 8.90. The molecule has 2 aromatic rings. The molecular weight excluding hydrogens is 312 g/mol. The number of anilines is 1. The Morgan fingerprint density at radius 2 is 1.96 bits per heavy atom. The number of nitrogens with zero attached hydrogens (tertiary/aromatic N) is 1. The Bertz CT molecular complexity index is 840. The topological polar surface area (TPSA) is 49.4 Å². The van der Waals surface area contributed by atoms with E-state index in [1.165, 1.54) is 5.56 Å². The van der Waals surface area contributed by atoms with Crippen molar-refractivity contribution in [3.8, 4) is 0 Å². The summed E-state index contributed by atoms with van der Waals surface area (Å²) in [5, 5.41) is 2.99. The zero-order valence-electron chi connectivity index (χ0n) is 14.4. The van der Waals surface area contributed by atoms with E-state index in [-0.39, 0.29) is 17.7 Å². The van der Waals surface area contributed by atoms with Crippen LogP contribution in [-0.2, 0) is 17.8 Å². The molecule has 2 aromatic carbocycles. The second kappa shape index (κ2) is 6.36. The number of hydrogen-bond donors (Lipinski definition) is 1. The standard InChI is InChI=1S/C21H22N2O2/c1-14-4-2-3-5-18(14)21(25)23-11-10-16-7-6-15(12-19(16)23)13-22-20(24)17-8-9-17/h2-7,12,17H,8-11,13H2,1H3,(H,22,24). The highest BCUT2D eigenvalue weighted by Crippen LogP contribution is 2.31. The van der Waals surface area contributed by atoms with Crippen LogP contribution in [-0.4, -0.2) is 18.4 Å².